The van der Waals surface area contributed by atoms with Crippen LogP contribution in [-0.2, 0) is 4.79 Å². The van der Waals surface area contributed by atoms with E-state index >= 15 is 0 Å². The van der Waals surface area contributed by atoms with Crippen molar-refractivity contribution in [1.29, 1.82) is 0 Å². The predicted molar refractivity (Wildman–Crippen MR) is 69.8 cm³/mol. The molecule has 106 valence electrons. The van der Waals surface area contributed by atoms with Gasteiger partial charge in [0.25, 0.3) is 0 Å². The summed E-state index contributed by atoms with van der Waals surface area (Å²) < 4.78 is 27.0. The van der Waals surface area contributed by atoms with Crippen molar-refractivity contribution in [2.24, 2.45) is 11.7 Å². The third-order valence-corrected chi connectivity index (χ3v) is 2.54. The highest BCUT2D eigenvalue weighted by Gasteiger charge is 2.22. The Bertz CT molecular complexity index is 465. The first-order valence-corrected chi connectivity index (χ1v) is 6.02. The maximum absolute atomic E-state index is 13.6. The van der Waals surface area contributed by atoms with Gasteiger partial charge in [-0.25, -0.2) is 13.8 Å². The summed E-state index contributed by atoms with van der Waals surface area (Å²) in [6.45, 7) is 5.72. The van der Waals surface area contributed by atoms with E-state index in [1.165, 1.54) is 0 Å². The lowest BCUT2D eigenvalue weighted by atomic mass is 10.0. The molecule has 0 spiro atoms. The van der Waals surface area contributed by atoms with Crippen LogP contribution in [0.2, 0.25) is 0 Å². The molecular formula is C12H18F2N4O. The SMILES string of the molecule is CCNc1nc(NC(C(N)=O)C(C)C)c(F)cc1F. The molecule has 1 heterocycles. The standard InChI is InChI=1S/C12H18F2N4O/c1-4-16-11-7(13)5-8(14)12(18-11)17-9(6(2)3)10(15)19/h5-6,9H,4H2,1-3H3,(H2,15,19)(H2,16,17,18). The van der Waals surface area contributed by atoms with Crippen LogP contribution in [0, 0.1) is 17.6 Å². The Morgan fingerprint density at radius 3 is 2.42 bits per heavy atom. The molecule has 0 saturated heterocycles. The smallest absolute Gasteiger partial charge is 0.240 e. The zero-order chi connectivity index (χ0) is 14.6. The van der Waals surface area contributed by atoms with Crippen LogP contribution in [0.25, 0.3) is 0 Å². The number of aromatic nitrogens is 1. The number of anilines is 2. The number of halogens is 2. The van der Waals surface area contributed by atoms with Gasteiger partial charge in [-0.15, -0.1) is 0 Å². The molecule has 1 aromatic heterocycles. The molecule has 7 heteroatoms. The summed E-state index contributed by atoms with van der Waals surface area (Å²) >= 11 is 0. The first-order chi connectivity index (χ1) is 8.86. The Labute approximate surface area is 110 Å². The second kappa shape index (κ2) is 6.31. The van der Waals surface area contributed by atoms with E-state index in [-0.39, 0.29) is 17.6 Å². The minimum absolute atomic E-state index is 0.0709. The number of pyridine rings is 1. The van der Waals surface area contributed by atoms with Gasteiger partial charge < -0.3 is 16.4 Å². The number of carbonyl (C=O) groups is 1. The van der Waals surface area contributed by atoms with Gasteiger partial charge in [0, 0.05) is 12.6 Å². The van der Waals surface area contributed by atoms with Crippen LogP contribution in [0.1, 0.15) is 20.8 Å². The molecule has 1 unspecified atom stereocenters. The van der Waals surface area contributed by atoms with Crippen molar-refractivity contribution in [2.75, 3.05) is 17.2 Å². The van der Waals surface area contributed by atoms with Crippen molar-refractivity contribution < 1.29 is 13.6 Å². The fourth-order valence-electron chi connectivity index (χ4n) is 1.57. The van der Waals surface area contributed by atoms with Crippen LogP contribution < -0.4 is 16.4 Å². The van der Waals surface area contributed by atoms with Gasteiger partial charge >= 0.3 is 0 Å². The van der Waals surface area contributed by atoms with Crippen LogP contribution in [-0.4, -0.2) is 23.5 Å². The molecule has 1 amide bonds. The Morgan fingerprint density at radius 2 is 1.95 bits per heavy atom. The van der Waals surface area contributed by atoms with E-state index in [0.29, 0.717) is 12.6 Å². The minimum Gasteiger partial charge on any atom is -0.368 e. The second-order valence-corrected chi connectivity index (χ2v) is 4.45. The van der Waals surface area contributed by atoms with Gasteiger partial charge in [-0.1, -0.05) is 13.8 Å². The number of primary amides is 1. The van der Waals surface area contributed by atoms with E-state index < -0.39 is 23.6 Å². The minimum atomic E-state index is -0.869. The molecule has 1 rings (SSSR count). The maximum atomic E-state index is 13.6. The normalized spacial score (nSPS) is 12.3. The summed E-state index contributed by atoms with van der Waals surface area (Å²) in [7, 11) is 0. The second-order valence-electron chi connectivity index (χ2n) is 4.45. The van der Waals surface area contributed by atoms with Crippen molar-refractivity contribution in [3.8, 4) is 0 Å². The Kier molecular flexibility index (Phi) is 5.02. The molecule has 1 aromatic rings. The number of amides is 1. The van der Waals surface area contributed by atoms with Crippen molar-refractivity contribution in [3.05, 3.63) is 17.7 Å². The lowest BCUT2D eigenvalue weighted by Crippen LogP contribution is -2.40. The van der Waals surface area contributed by atoms with E-state index in [1.54, 1.807) is 20.8 Å². The quantitative estimate of drug-likeness (QED) is 0.736. The fourth-order valence-corrected chi connectivity index (χ4v) is 1.57. The molecular weight excluding hydrogens is 254 g/mol. The summed E-state index contributed by atoms with van der Waals surface area (Å²) in [5.41, 5.74) is 5.22. The number of hydrogen-bond acceptors (Lipinski definition) is 4. The zero-order valence-electron chi connectivity index (χ0n) is 11.1. The van der Waals surface area contributed by atoms with E-state index in [4.69, 9.17) is 5.73 Å². The topological polar surface area (TPSA) is 80.0 Å². The highest BCUT2D eigenvalue weighted by Crippen LogP contribution is 2.20. The van der Waals surface area contributed by atoms with Crippen molar-refractivity contribution in [2.45, 2.75) is 26.8 Å². The molecule has 0 saturated carbocycles. The van der Waals surface area contributed by atoms with Gasteiger partial charge in [0.05, 0.1) is 0 Å². The number of nitrogens with one attached hydrogen (secondary N) is 2. The van der Waals surface area contributed by atoms with Crippen molar-refractivity contribution in [3.63, 3.8) is 0 Å². The van der Waals surface area contributed by atoms with Crippen LogP contribution in [0.5, 0.6) is 0 Å². The lowest BCUT2D eigenvalue weighted by molar-refractivity contribution is -0.119. The van der Waals surface area contributed by atoms with Gasteiger partial charge in [0.15, 0.2) is 23.3 Å². The molecule has 0 aliphatic heterocycles. The van der Waals surface area contributed by atoms with Gasteiger partial charge in [-0.05, 0) is 12.8 Å². The average Bonchev–Trinajstić information content (AvgIpc) is 2.30. The first kappa shape index (κ1) is 15.1. The third-order valence-electron chi connectivity index (χ3n) is 2.54. The zero-order valence-corrected chi connectivity index (χ0v) is 11.1. The summed E-state index contributed by atoms with van der Waals surface area (Å²) in [6, 6.07) is -0.0620. The number of rotatable bonds is 6. The summed E-state index contributed by atoms with van der Waals surface area (Å²) in [5.74, 6) is -2.69. The van der Waals surface area contributed by atoms with Gasteiger partial charge in [-0.2, -0.15) is 0 Å². The van der Waals surface area contributed by atoms with E-state index in [1.807, 2.05) is 0 Å². The summed E-state index contributed by atoms with van der Waals surface area (Å²) in [6.07, 6.45) is 0. The molecule has 0 radical (unpaired) electrons. The van der Waals surface area contributed by atoms with Crippen LogP contribution in [0.4, 0.5) is 20.4 Å². The van der Waals surface area contributed by atoms with E-state index in [0.717, 1.165) is 0 Å². The lowest BCUT2D eigenvalue weighted by Gasteiger charge is -2.20. The van der Waals surface area contributed by atoms with E-state index in [2.05, 4.69) is 15.6 Å². The van der Waals surface area contributed by atoms with Crippen LogP contribution in [0.3, 0.4) is 0 Å². The number of nitrogens with two attached hydrogens (primary N) is 1. The maximum Gasteiger partial charge on any atom is 0.240 e. The Hall–Kier alpha value is -1.92. The molecule has 0 aromatic carbocycles. The summed E-state index contributed by atoms with van der Waals surface area (Å²) in [5, 5.41) is 5.27. The largest absolute Gasteiger partial charge is 0.368 e. The number of hydrogen-bond donors (Lipinski definition) is 3. The summed E-state index contributed by atoms with van der Waals surface area (Å²) in [4.78, 5) is 15.0. The average molecular weight is 272 g/mol. The van der Waals surface area contributed by atoms with Gasteiger partial charge in [0.1, 0.15) is 6.04 Å². The molecule has 4 N–H and O–H groups in total. The third kappa shape index (κ3) is 3.77. The van der Waals surface area contributed by atoms with Crippen LogP contribution >= 0.6 is 0 Å². The Morgan fingerprint density at radius 1 is 1.37 bits per heavy atom. The van der Waals surface area contributed by atoms with Crippen molar-refractivity contribution >= 4 is 17.5 Å². The highest BCUT2D eigenvalue weighted by molar-refractivity contribution is 5.83. The number of nitrogens with zero attached hydrogens (tertiary/aromatic N) is 1. The highest BCUT2D eigenvalue weighted by atomic mass is 19.1. The van der Waals surface area contributed by atoms with Crippen LogP contribution in [0.15, 0.2) is 6.07 Å². The first-order valence-electron chi connectivity index (χ1n) is 6.02. The molecule has 0 bridgehead atoms. The van der Waals surface area contributed by atoms with E-state index in [9.17, 15) is 13.6 Å². The molecule has 0 fully saturated rings. The monoisotopic (exact) mass is 272 g/mol. The molecule has 0 aliphatic carbocycles. The molecule has 0 aliphatic rings. The molecule has 19 heavy (non-hydrogen) atoms. The Balaban J connectivity index is 3.05. The van der Waals surface area contributed by atoms with Gasteiger partial charge in [0.2, 0.25) is 5.91 Å². The van der Waals surface area contributed by atoms with Gasteiger partial charge in [-0.3, -0.25) is 4.79 Å². The molecule has 1 atom stereocenters. The fraction of sp³-hybridized carbons (Fsp3) is 0.500. The van der Waals surface area contributed by atoms with Crippen molar-refractivity contribution in [1.82, 2.24) is 4.98 Å². The predicted octanol–water partition coefficient (Wildman–Crippen LogP) is 1.71. The molecule has 5 nitrogen and oxygen atoms in total. The number of carbonyl (C=O) groups excluding carboxylic acids is 1.